The number of nitrogens with zero attached hydrogens (tertiary/aromatic N) is 2. The Labute approximate surface area is 168 Å². The van der Waals surface area contributed by atoms with Crippen LogP contribution in [0.3, 0.4) is 0 Å². The number of sulfonamides is 1. The van der Waals surface area contributed by atoms with Crippen molar-refractivity contribution in [2.75, 3.05) is 0 Å². The van der Waals surface area contributed by atoms with E-state index in [2.05, 4.69) is 4.98 Å². The molecule has 146 valence electrons. The summed E-state index contributed by atoms with van der Waals surface area (Å²) in [5.74, 6) is -3.04. The highest BCUT2D eigenvalue weighted by Crippen LogP contribution is 2.26. The van der Waals surface area contributed by atoms with E-state index in [0.717, 1.165) is 24.4 Å². The summed E-state index contributed by atoms with van der Waals surface area (Å²) in [5.41, 5.74) is -0.799. The van der Waals surface area contributed by atoms with Gasteiger partial charge in [-0.3, -0.25) is 4.79 Å². The number of aromatic nitrogens is 2. The lowest BCUT2D eigenvalue weighted by atomic mass is 10.2. The van der Waals surface area contributed by atoms with Crippen LogP contribution in [0.25, 0.3) is 11.4 Å². The number of rotatable bonds is 4. The molecule has 0 aliphatic heterocycles. The summed E-state index contributed by atoms with van der Waals surface area (Å²) in [4.78, 5) is 15.8. The number of amides is 1. The highest BCUT2D eigenvalue weighted by molar-refractivity contribution is 7.90. The summed E-state index contributed by atoms with van der Waals surface area (Å²) in [7, 11) is -2.95. The zero-order valence-corrected chi connectivity index (χ0v) is 16.4. The maximum absolute atomic E-state index is 14.0. The van der Waals surface area contributed by atoms with Gasteiger partial charge < -0.3 is 4.57 Å². The van der Waals surface area contributed by atoms with Crippen molar-refractivity contribution in [1.82, 2.24) is 14.3 Å². The van der Waals surface area contributed by atoms with Crippen molar-refractivity contribution >= 4 is 39.1 Å². The van der Waals surface area contributed by atoms with Crippen LogP contribution in [0, 0.1) is 11.6 Å². The summed E-state index contributed by atoms with van der Waals surface area (Å²) in [6.45, 7) is 0. The van der Waals surface area contributed by atoms with Crippen molar-refractivity contribution in [2.24, 2.45) is 7.05 Å². The molecular formula is C17H11Cl2F2N3O3S. The highest BCUT2D eigenvalue weighted by Gasteiger charge is 2.25. The molecule has 28 heavy (non-hydrogen) atoms. The fourth-order valence-corrected chi connectivity index (χ4v) is 4.16. The quantitative estimate of drug-likeness (QED) is 0.662. The van der Waals surface area contributed by atoms with E-state index in [1.54, 1.807) is 4.72 Å². The van der Waals surface area contributed by atoms with Gasteiger partial charge in [0.1, 0.15) is 28.0 Å². The number of hydrogen-bond donors (Lipinski definition) is 1. The predicted octanol–water partition coefficient (Wildman–Crippen LogP) is 3.79. The van der Waals surface area contributed by atoms with Crippen molar-refractivity contribution in [1.29, 1.82) is 0 Å². The molecule has 3 aromatic rings. The minimum Gasteiger partial charge on any atom is -0.333 e. The summed E-state index contributed by atoms with van der Waals surface area (Å²) in [5, 5.41) is -0.0350. The van der Waals surface area contributed by atoms with Gasteiger partial charge >= 0.3 is 0 Å². The number of carbonyl (C=O) groups is 1. The normalized spacial score (nSPS) is 11.5. The van der Waals surface area contributed by atoms with Crippen molar-refractivity contribution in [3.05, 3.63) is 70.0 Å². The van der Waals surface area contributed by atoms with Crippen LogP contribution in [0.2, 0.25) is 10.0 Å². The molecule has 6 nitrogen and oxygen atoms in total. The Kier molecular flexibility index (Phi) is 5.42. The average molecular weight is 446 g/mol. The first-order valence-electron chi connectivity index (χ1n) is 7.60. The van der Waals surface area contributed by atoms with Gasteiger partial charge in [0.05, 0.1) is 10.6 Å². The van der Waals surface area contributed by atoms with E-state index >= 15 is 0 Å². The van der Waals surface area contributed by atoms with Crippen molar-refractivity contribution in [3.8, 4) is 11.4 Å². The topological polar surface area (TPSA) is 81.1 Å². The first-order chi connectivity index (χ1) is 13.1. The van der Waals surface area contributed by atoms with Gasteiger partial charge in [0.2, 0.25) is 0 Å². The predicted molar refractivity (Wildman–Crippen MR) is 99.7 cm³/mol. The zero-order chi connectivity index (χ0) is 20.6. The highest BCUT2D eigenvalue weighted by atomic mass is 35.5. The Bertz CT molecular complexity index is 1180. The molecule has 0 unspecified atom stereocenters. The summed E-state index contributed by atoms with van der Waals surface area (Å²) in [6, 6.07) is 7.00. The fraction of sp³-hybridized carbons (Fsp3) is 0.0588. The first-order valence-corrected chi connectivity index (χ1v) is 9.84. The maximum atomic E-state index is 14.0. The zero-order valence-electron chi connectivity index (χ0n) is 14.1. The standard InChI is InChI=1S/C17H11Cl2F2N3O3S/c1-24-8-13(22-16(24)15-11(20)3-2-4-12(15)21)17(25)23-28(26,27)14-7-9(18)5-6-10(14)19/h2-8H,1H3,(H,23,25). The van der Waals surface area contributed by atoms with Crippen molar-refractivity contribution in [3.63, 3.8) is 0 Å². The molecule has 0 saturated heterocycles. The SMILES string of the molecule is Cn1cc(C(=O)NS(=O)(=O)c2cc(Cl)ccc2Cl)nc1-c1c(F)cccc1F. The molecular weight excluding hydrogens is 435 g/mol. The third-order valence-electron chi connectivity index (χ3n) is 3.71. The van der Waals surface area contributed by atoms with Gasteiger partial charge in [-0.2, -0.15) is 0 Å². The average Bonchev–Trinajstić information content (AvgIpc) is 2.98. The fourth-order valence-electron chi connectivity index (χ4n) is 2.43. The van der Waals surface area contributed by atoms with Gasteiger partial charge in [0.25, 0.3) is 15.9 Å². The summed E-state index contributed by atoms with van der Waals surface area (Å²) in [6.07, 6.45) is 1.14. The Morgan fingerprint density at radius 3 is 2.43 bits per heavy atom. The number of halogens is 4. The second-order valence-corrected chi connectivity index (χ2v) is 8.16. The lowest BCUT2D eigenvalue weighted by molar-refractivity contribution is 0.0977. The van der Waals surface area contributed by atoms with Gasteiger partial charge in [-0.15, -0.1) is 0 Å². The lowest BCUT2D eigenvalue weighted by Crippen LogP contribution is -2.31. The molecule has 11 heteroatoms. The number of nitrogens with one attached hydrogen (secondary N) is 1. The van der Waals surface area contributed by atoms with Crippen LogP contribution in [0.4, 0.5) is 8.78 Å². The molecule has 1 amide bonds. The molecule has 1 aromatic heterocycles. The molecule has 3 rings (SSSR count). The molecule has 0 aliphatic carbocycles. The minimum atomic E-state index is -4.36. The molecule has 2 aromatic carbocycles. The van der Waals surface area contributed by atoms with Crippen LogP contribution in [-0.4, -0.2) is 23.9 Å². The Morgan fingerprint density at radius 1 is 1.14 bits per heavy atom. The molecule has 0 fully saturated rings. The molecule has 0 bridgehead atoms. The van der Waals surface area contributed by atoms with Gasteiger partial charge in [-0.25, -0.2) is 26.9 Å². The van der Waals surface area contributed by atoms with Crippen LogP contribution >= 0.6 is 23.2 Å². The van der Waals surface area contributed by atoms with Gasteiger partial charge in [0.15, 0.2) is 0 Å². The van der Waals surface area contributed by atoms with E-state index in [9.17, 15) is 22.0 Å². The Morgan fingerprint density at radius 2 is 1.79 bits per heavy atom. The minimum absolute atomic E-state index is 0.104. The molecule has 1 heterocycles. The third-order valence-corrected chi connectivity index (χ3v) is 5.75. The van der Waals surface area contributed by atoms with Crippen molar-refractivity contribution < 1.29 is 22.0 Å². The van der Waals surface area contributed by atoms with Crippen LogP contribution in [0.15, 0.2) is 47.5 Å². The Balaban J connectivity index is 1.95. The molecule has 0 radical (unpaired) electrons. The molecule has 0 saturated carbocycles. The first kappa shape index (κ1) is 20.2. The maximum Gasteiger partial charge on any atom is 0.285 e. The van der Waals surface area contributed by atoms with E-state index in [1.807, 2.05) is 0 Å². The van der Waals surface area contributed by atoms with Gasteiger partial charge in [-0.05, 0) is 30.3 Å². The Hall–Kier alpha value is -2.49. The summed E-state index contributed by atoms with van der Waals surface area (Å²) >= 11 is 11.6. The van der Waals surface area contributed by atoms with Crippen molar-refractivity contribution in [2.45, 2.75) is 4.90 Å². The van der Waals surface area contributed by atoms with E-state index in [4.69, 9.17) is 23.2 Å². The van der Waals surface area contributed by atoms with E-state index in [-0.39, 0.29) is 21.6 Å². The van der Waals surface area contributed by atoms with Gasteiger partial charge in [0, 0.05) is 18.3 Å². The lowest BCUT2D eigenvalue weighted by Gasteiger charge is -2.07. The number of benzene rings is 2. The molecule has 0 spiro atoms. The smallest absolute Gasteiger partial charge is 0.285 e. The second kappa shape index (κ2) is 7.50. The molecule has 1 N–H and O–H groups in total. The number of imidazole rings is 1. The van der Waals surface area contributed by atoms with E-state index in [1.165, 1.54) is 29.8 Å². The third kappa shape index (κ3) is 3.87. The monoisotopic (exact) mass is 445 g/mol. The van der Waals surface area contributed by atoms with E-state index in [0.29, 0.717) is 0 Å². The van der Waals surface area contributed by atoms with E-state index < -0.39 is 38.0 Å². The van der Waals surface area contributed by atoms with Crippen LogP contribution in [0.5, 0.6) is 0 Å². The van der Waals surface area contributed by atoms with Crippen LogP contribution in [0.1, 0.15) is 10.5 Å². The number of aryl methyl sites for hydroxylation is 1. The molecule has 0 atom stereocenters. The second-order valence-electron chi connectivity index (χ2n) is 5.67. The summed E-state index contributed by atoms with van der Waals surface area (Å²) < 4.78 is 55.8. The largest absolute Gasteiger partial charge is 0.333 e. The van der Waals surface area contributed by atoms with Crippen LogP contribution in [-0.2, 0) is 17.1 Å². The van der Waals surface area contributed by atoms with Crippen LogP contribution < -0.4 is 4.72 Å². The van der Waals surface area contributed by atoms with Gasteiger partial charge in [-0.1, -0.05) is 29.3 Å². The molecule has 0 aliphatic rings. The number of carbonyl (C=O) groups excluding carboxylic acids is 1. The number of hydrogen-bond acceptors (Lipinski definition) is 4.